The summed E-state index contributed by atoms with van der Waals surface area (Å²) >= 11 is 0. The molecule has 5 nitrogen and oxygen atoms in total. The summed E-state index contributed by atoms with van der Waals surface area (Å²) < 4.78 is 1.89. The van der Waals surface area contributed by atoms with Gasteiger partial charge in [0.05, 0.1) is 12.4 Å². The number of nitriles is 1. The normalized spacial score (nSPS) is 14.1. The number of nitrogens with zero attached hydrogens (tertiary/aromatic N) is 3. The Kier molecular flexibility index (Phi) is 4.70. The zero-order chi connectivity index (χ0) is 12.8. The second kappa shape index (κ2) is 6.04. The van der Waals surface area contributed by atoms with E-state index in [0.717, 1.165) is 0 Å². The van der Waals surface area contributed by atoms with Crippen molar-refractivity contribution in [3.05, 3.63) is 18.7 Å². The molecule has 0 aliphatic rings. The van der Waals surface area contributed by atoms with Crippen LogP contribution in [0.3, 0.4) is 0 Å². The van der Waals surface area contributed by atoms with Crippen LogP contribution in [0.15, 0.2) is 18.7 Å². The Labute approximate surface area is 101 Å². The summed E-state index contributed by atoms with van der Waals surface area (Å²) in [4.78, 5) is 15.7. The number of nitrogens with one attached hydrogen (secondary N) is 1. The Balaban J connectivity index is 2.48. The molecule has 0 aromatic carbocycles. The van der Waals surface area contributed by atoms with Gasteiger partial charge < -0.3 is 9.88 Å². The molecule has 1 aromatic rings. The maximum atomic E-state index is 11.8. The van der Waals surface area contributed by atoms with Crippen LogP contribution < -0.4 is 5.32 Å². The second-order valence-corrected chi connectivity index (χ2v) is 4.52. The zero-order valence-electron chi connectivity index (χ0n) is 10.4. The molecular formula is C12H18N4O. The summed E-state index contributed by atoms with van der Waals surface area (Å²) in [5.74, 6) is -0.754. The van der Waals surface area contributed by atoms with Gasteiger partial charge in [0.1, 0.15) is 5.92 Å². The van der Waals surface area contributed by atoms with E-state index in [2.05, 4.69) is 10.3 Å². The molecule has 1 heterocycles. The van der Waals surface area contributed by atoms with Crippen LogP contribution in [0.5, 0.6) is 0 Å². The highest BCUT2D eigenvalue weighted by Gasteiger charge is 2.22. The molecule has 0 saturated heterocycles. The molecule has 17 heavy (non-hydrogen) atoms. The van der Waals surface area contributed by atoms with Crippen LogP contribution in [0, 0.1) is 23.2 Å². The van der Waals surface area contributed by atoms with E-state index in [9.17, 15) is 4.79 Å². The highest BCUT2D eigenvalue weighted by Crippen LogP contribution is 2.09. The third-order valence-electron chi connectivity index (χ3n) is 2.52. The van der Waals surface area contributed by atoms with Gasteiger partial charge >= 0.3 is 0 Å². The van der Waals surface area contributed by atoms with Crippen LogP contribution in [-0.2, 0) is 11.3 Å². The number of rotatable bonds is 5. The maximum Gasteiger partial charge on any atom is 0.237 e. The second-order valence-electron chi connectivity index (χ2n) is 4.52. The lowest BCUT2D eigenvalue weighted by Gasteiger charge is -2.18. The predicted molar refractivity (Wildman–Crippen MR) is 63.8 cm³/mol. The van der Waals surface area contributed by atoms with Crippen molar-refractivity contribution in [2.45, 2.75) is 33.4 Å². The van der Waals surface area contributed by atoms with E-state index in [1.54, 1.807) is 12.5 Å². The molecule has 0 aliphatic heterocycles. The third-order valence-corrected chi connectivity index (χ3v) is 2.52. The smallest absolute Gasteiger partial charge is 0.237 e. The Morgan fingerprint density at radius 3 is 2.71 bits per heavy atom. The largest absolute Gasteiger partial charge is 0.351 e. The van der Waals surface area contributed by atoms with Crippen molar-refractivity contribution in [1.29, 1.82) is 5.26 Å². The minimum Gasteiger partial charge on any atom is -0.351 e. The molecule has 0 spiro atoms. The summed E-state index contributed by atoms with van der Waals surface area (Å²) in [5, 5.41) is 11.8. The molecule has 1 rings (SSSR count). The van der Waals surface area contributed by atoms with E-state index < -0.39 is 5.92 Å². The van der Waals surface area contributed by atoms with Gasteiger partial charge in [-0.15, -0.1) is 0 Å². The number of amides is 1. The Morgan fingerprint density at radius 1 is 1.53 bits per heavy atom. The standard InChI is InChI=1S/C12H18N4O/c1-9(2)11(6-13)12(17)15-10(3)7-16-5-4-14-8-16/h4-5,8-11H,7H2,1-3H3,(H,15,17). The first kappa shape index (κ1) is 13.2. The van der Waals surface area contributed by atoms with Gasteiger partial charge in [0.15, 0.2) is 0 Å². The molecular weight excluding hydrogens is 216 g/mol. The van der Waals surface area contributed by atoms with Crippen LogP contribution >= 0.6 is 0 Å². The van der Waals surface area contributed by atoms with Gasteiger partial charge in [0.2, 0.25) is 5.91 Å². The minimum atomic E-state index is -0.583. The highest BCUT2D eigenvalue weighted by atomic mass is 16.1. The fourth-order valence-electron chi connectivity index (χ4n) is 1.60. The molecule has 1 aromatic heterocycles. The fourth-order valence-corrected chi connectivity index (χ4v) is 1.60. The van der Waals surface area contributed by atoms with E-state index in [1.165, 1.54) is 0 Å². The quantitative estimate of drug-likeness (QED) is 0.831. The van der Waals surface area contributed by atoms with Gasteiger partial charge in [-0.25, -0.2) is 4.98 Å². The number of hydrogen-bond donors (Lipinski definition) is 1. The van der Waals surface area contributed by atoms with Crippen molar-refractivity contribution in [3.8, 4) is 6.07 Å². The molecule has 5 heteroatoms. The lowest BCUT2D eigenvalue weighted by atomic mass is 9.96. The van der Waals surface area contributed by atoms with Crippen molar-refractivity contribution in [2.24, 2.45) is 11.8 Å². The van der Waals surface area contributed by atoms with Crippen molar-refractivity contribution in [2.75, 3.05) is 0 Å². The van der Waals surface area contributed by atoms with Crippen molar-refractivity contribution < 1.29 is 4.79 Å². The first-order chi connectivity index (χ1) is 8.04. The van der Waals surface area contributed by atoms with Crippen LogP contribution in [0.25, 0.3) is 0 Å². The average molecular weight is 234 g/mol. The van der Waals surface area contributed by atoms with E-state index in [1.807, 2.05) is 37.6 Å². The third kappa shape index (κ3) is 3.91. The lowest BCUT2D eigenvalue weighted by Crippen LogP contribution is -2.40. The molecule has 0 radical (unpaired) electrons. The zero-order valence-corrected chi connectivity index (χ0v) is 10.4. The number of imidazole rings is 1. The highest BCUT2D eigenvalue weighted by molar-refractivity contribution is 5.81. The summed E-state index contributed by atoms with van der Waals surface area (Å²) in [6.07, 6.45) is 5.24. The topological polar surface area (TPSA) is 70.7 Å². The van der Waals surface area contributed by atoms with Crippen molar-refractivity contribution in [1.82, 2.24) is 14.9 Å². The van der Waals surface area contributed by atoms with E-state index in [0.29, 0.717) is 6.54 Å². The van der Waals surface area contributed by atoms with Gasteiger partial charge in [-0.3, -0.25) is 4.79 Å². The Morgan fingerprint density at radius 2 is 2.24 bits per heavy atom. The minimum absolute atomic E-state index is 0.0219. The van der Waals surface area contributed by atoms with Crippen LogP contribution in [0.4, 0.5) is 0 Å². The van der Waals surface area contributed by atoms with Crippen molar-refractivity contribution >= 4 is 5.91 Å². The average Bonchev–Trinajstić information content (AvgIpc) is 2.70. The van der Waals surface area contributed by atoms with Gasteiger partial charge in [0.25, 0.3) is 0 Å². The van der Waals surface area contributed by atoms with Crippen LogP contribution in [-0.4, -0.2) is 21.5 Å². The molecule has 0 bridgehead atoms. The van der Waals surface area contributed by atoms with Gasteiger partial charge in [-0.05, 0) is 12.8 Å². The van der Waals surface area contributed by atoms with Crippen LogP contribution in [0.1, 0.15) is 20.8 Å². The predicted octanol–water partition coefficient (Wildman–Crippen LogP) is 1.18. The molecule has 0 fully saturated rings. The Bertz CT molecular complexity index is 391. The molecule has 1 amide bonds. The molecule has 0 aliphatic carbocycles. The maximum absolute atomic E-state index is 11.8. The number of carbonyl (C=O) groups is 1. The van der Waals surface area contributed by atoms with Crippen LogP contribution in [0.2, 0.25) is 0 Å². The summed E-state index contributed by atoms with van der Waals surface area (Å²) in [6, 6.07) is 2.01. The van der Waals surface area contributed by atoms with Crippen molar-refractivity contribution in [3.63, 3.8) is 0 Å². The lowest BCUT2D eigenvalue weighted by molar-refractivity contribution is -0.125. The molecule has 2 unspecified atom stereocenters. The van der Waals surface area contributed by atoms with Gasteiger partial charge in [-0.1, -0.05) is 13.8 Å². The first-order valence-electron chi connectivity index (χ1n) is 5.70. The summed E-state index contributed by atoms with van der Waals surface area (Å²) in [6.45, 7) is 6.30. The number of carbonyl (C=O) groups excluding carboxylic acids is 1. The molecule has 0 saturated carbocycles. The van der Waals surface area contributed by atoms with Gasteiger partial charge in [0, 0.05) is 25.0 Å². The van der Waals surface area contributed by atoms with E-state index >= 15 is 0 Å². The SMILES string of the molecule is CC(Cn1ccnc1)NC(=O)C(C#N)C(C)C. The number of aromatic nitrogens is 2. The summed E-state index contributed by atoms with van der Waals surface area (Å²) in [5.41, 5.74) is 0. The fraction of sp³-hybridized carbons (Fsp3) is 0.583. The first-order valence-corrected chi connectivity index (χ1v) is 5.70. The van der Waals surface area contributed by atoms with E-state index in [-0.39, 0.29) is 17.9 Å². The molecule has 1 N–H and O–H groups in total. The Hall–Kier alpha value is -1.83. The number of hydrogen-bond acceptors (Lipinski definition) is 3. The van der Waals surface area contributed by atoms with E-state index in [4.69, 9.17) is 5.26 Å². The monoisotopic (exact) mass is 234 g/mol. The molecule has 2 atom stereocenters. The molecule has 92 valence electrons. The van der Waals surface area contributed by atoms with Gasteiger partial charge in [-0.2, -0.15) is 5.26 Å². The summed E-state index contributed by atoms with van der Waals surface area (Å²) in [7, 11) is 0.